The maximum atomic E-state index is 15.0. The summed E-state index contributed by atoms with van der Waals surface area (Å²) in [5.74, 6) is 1.54. The number of fused-ring (bicyclic) bond motifs is 5. The molecule has 0 saturated heterocycles. The summed E-state index contributed by atoms with van der Waals surface area (Å²) in [5.41, 5.74) is -0.580. The van der Waals surface area contributed by atoms with Crippen molar-refractivity contribution in [2.24, 2.45) is 34.5 Å². The molecule has 3 fully saturated rings. The Balaban J connectivity index is 1.59. The molecule has 180 valence electrons. The Bertz CT molecular complexity index is 834. The second kappa shape index (κ2) is 7.78. The number of hydrogen-bond donors (Lipinski definition) is 3. The van der Waals surface area contributed by atoms with E-state index < -0.39 is 23.5 Å². The van der Waals surface area contributed by atoms with Gasteiger partial charge in [-0.2, -0.15) is 0 Å². The van der Waals surface area contributed by atoms with Gasteiger partial charge in [0.05, 0.1) is 17.8 Å². The quantitative estimate of drug-likeness (QED) is 0.499. The monoisotopic (exact) mass is 446 g/mol. The number of aliphatic hydroxyl groups excluding tert-OH is 2. The maximum absolute atomic E-state index is 15.0. The summed E-state index contributed by atoms with van der Waals surface area (Å²) in [6.07, 6.45) is 12.7. The van der Waals surface area contributed by atoms with Gasteiger partial charge >= 0.3 is 0 Å². The first-order valence-electron chi connectivity index (χ1n) is 12.6. The molecule has 3 nitrogen and oxygen atoms in total. The lowest BCUT2D eigenvalue weighted by Gasteiger charge is -2.56. The lowest BCUT2D eigenvalue weighted by Crippen LogP contribution is -2.52. The van der Waals surface area contributed by atoms with Crippen molar-refractivity contribution in [3.63, 3.8) is 0 Å². The van der Waals surface area contributed by atoms with E-state index >= 15 is 0 Å². The van der Waals surface area contributed by atoms with Crippen LogP contribution in [0, 0.1) is 34.5 Å². The van der Waals surface area contributed by atoms with Gasteiger partial charge in [-0.1, -0.05) is 50.1 Å². The van der Waals surface area contributed by atoms with Crippen LogP contribution in [0.2, 0.25) is 0 Å². The first-order chi connectivity index (χ1) is 14.7. The molecule has 0 aromatic rings. The highest BCUT2D eigenvalue weighted by Gasteiger charge is 2.58. The van der Waals surface area contributed by atoms with Gasteiger partial charge < -0.3 is 15.3 Å². The van der Waals surface area contributed by atoms with Gasteiger partial charge in [-0.05, 0) is 88.0 Å². The predicted octanol–water partition coefficient (Wildman–Crippen LogP) is 5.51. The van der Waals surface area contributed by atoms with E-state index in [9.17, 15) is 19.7 Å². The third-order valence-electron chi connectivity index (χ3n) is 10.3. The molecule has 0 aliphatic heterocycles. The lowest BCUT2D eigenvalue weighted by atomic mass is 9.49. The second-order valence-electron chi connectivity index (χ2n) is 12.4. The van der Waals surface area contributed by atoms with E-state index in [1.807, 2.05) is 6.08 Å². The smallest absolute Gasteiger partial charge is 0.154 e. The van der Waals surface area contributed by atoms with Gasteiger partial charge in [-0.15, -0.1) is 0 Å². The molecular formula is C28H43FO3. The number of alkyl halides is 1. The van der Waals surface area contributed by atoms with Crippen molar-refractivity contribution in [1.82, 2.24) is 0 Å². The Morgan fingerprint density at radius 2 is 1.78 bits per heavy atom. The molecule has 0 bridgehead atoms. The zero-order valence-electron chi connectivity index (χ0n) is 20.7. The van der Waals surface area contributed by atoms with Crippen molar-refractivity contribution in [3.8, 4) is 0 Å². The molecule has 4 aliphatic rings. The van der Waals surface area contributed by atoms with E-state index in [1.54, 1.807) is 6.08 Å². The van der Waals surface area contributed by atoms with E-state index in [2.05, 4.69) is 32.9 Å². The van der Waals surface area contributed by atoms with Gasteiger partial charge in [0.15, 0.2) is 5.67 Å². The molecule has 4 rings (SSSR count). The first kappa shape index (κ1) is 24.2. The minimum absolute atomic E-state index is 0.161. The number of halogens is 1. The summed E-state index contributed by atoms with van der Waals surface area (Å²) >= 11 is 0. The molecule has 4 heteroatoms. The molecule has 0 heterocycles. The SMILES string of the molecule is C[C@H](/C=C/C(C)(F)C(C)(C)O)[C@H]1CC[C@H]2C3=CC=C4C[C@@H](O)C[C@H](O)[C@]4(C)[C@H]3CC[C@]12C. The molecule has 32 heavy (non-hydrogen) atoms. The Hall–Kier alpha value is -0.970. The summed E-state index contributed by atoms with van der Waals surface area (Å²) in [7, 11) is 0. The normalized spacial score (nSPS) is 44.8. The van der Waals surface area contributed by atoms with E-state index in [1.165, 1.54) is 31.9 Å². The molecule has 0 aromatic carbocycles. The molecule has 9 atom stereocenters. The molecule has 0 spiro atoms. The number of aliphatic hydroxyl groups is 3. The van der Waals surface area contributed by atoms with E-state index in [0.717, 1.165) is 25.7 Å². The second-order valence-corrected chi connectivity index (χ2v) is 12.4. The van der Waals surface area contributed by atoms with Crippen molar-refractivity contribution in [2.45, 2.75) is 104 Å². The Morgan fingerprint density at radius 1 is 1.09 bits per heavy atom. The first-order valence-corrected chi connectivity index (χ1v) is 12.6. The number of allylic oxidation sites excluding steroid dienone is 4. The van der Waals surface area contributed by atoms with Gasteiger partial charge in [0.1, 0.15) is 0 Å². The van der Waals surface area contributed by atoms with Gasteiger partial charge in [0.25, 0.3) is 0 Å². The zero-order chi connectivity index (χ0) is 23.7. The highest BCUT2D eigenvalue weighted by atomic mass is 19.1. The molecule has 0 aromatic heterocycles. The minimum Gasteiger partial charge on any atom is -0.393 e. The van der Waals surface area contributed by atoms with Crippen LogP contribution in [0.1, 0.15) is 80.1 Å². The van der Waals surface area contributed by atoms with Crippen LogP contribution in [0.4, 0.5) is 4.39 Å². The summed E-state index contributed by atoms with van der Waals surface area (Å²) in [5, 5.41) is 31.4. The molecule has 3 saturated carbocycles. The van der Waals surface area contributed by atoms with Crippen molar-refractivity contribution in [3.05, 3.63) is 35.5 Å². The summed E-state index contributed by atoms with van der Waals surface area (Å²) < 4.78 is 15.0. The third kappa shape index (κ3) is 3.56. The average Bonchev–Trinajstić information content (AvgIpc) is 3.04. The lowest BCUT2D eigenvalue weighted by molar-refractivity contribution is -0.0538. The molecule has 0 radical (unpaired) electrons. The largest absolute Gasteiger partial charge is 0.393 e. The van der Waals surface area contributed by atoms with Crippen molar-refractivity contribution < 1.29 is 19.7 Å². The summed E-state index contributed by atoms with van der Waals surface area (Å²) in [6.45, 7) is 11.3. The number of rotatable bonds is 4. The van der Waals surface area contributed by atoms with E-state index in [0.29, 0.717) is 30.6 Å². The molecule has 3 N–H and O–H groups in total. The van der Waals surface area contributed by atoms with Crippen LogP contribution in [-0.2, 0) is 0 Å². The Labute approximate surface area is 193 Å². The Morgan fingerprint density at radius 3 is 2.44 bits per heavy atom. The van der Waals surface area contributed by atoms with Crippen LogP contribution in [0.15, 0.2) is 35.5 Å². The summed E-state index contributed by atoms with van der Waals surface area (Å²) in [4.78, 5) is 0. The highest BCUT2D eigenvalue weighted by Crippen LogP contribution is 2.66. The van der Waals surface area contributed by atoms with E-state index in [4.69, 9.17) is 0 Å². The van der Waals surface area contributed by atoms with Crippen LogP contribution < -0.4 is 0 Å². The van der Waals surface area contributed by atoms with Gasteiger partial charge in [-0.3, -0.25) is 0 Å². The summed E-state index contributed by atoms with van der Waals surface area (Å²) in [6, 6.07) is 0. The van der Waals surface area contributed by atoms with Gasteiger partial charge in [-0.25, -0.2) is 4.39 Å². The van der Waals surface area contributed by atoms with E-state index in [-0.39, 0.29) is 16.7 Å². The molecule has 1 unspecified atom stereocenters. The van der Waals surface area contributed by atoms with Crippen LogP contribution in [0.5, 0.6) is 0 Å². The topological polar surface area (TPSA) is 60.7 Å². The van der Waals surface area contributed by atoms with Crippen LogP contribution in [-0.4, -0.2) is 38.8 Å². The fourth-order valence-corrected chi connectivity index (χ4v) is 7.62. The van der Waals surface area contributed by atoms with Crippen molar-refractivity contribution >= 4 is 0 Å². The molecule has 0 amide bonds. The van der Waals surface area contributed by atoms with Gasteiger partial charge in [0.2, 0.25) is 0 Å². The molecule has 4 aliphatic carbocycles. The standard InChI is InChI=1S/C28H43FO3/c1-17(11-14-27(5,29)25(2,3)32)21-9-10-22-20-8-7-18-15-19(30)16-24(31)28(18,6)23(20)12-13-26(21,22)4/h7-8,11,14,17,19,21-24,30-32H,9-10,12-13,15-16H2,1-6H3/b14-11+/t17-,19-,21-,22+,23+,24+,26-,27?,28+/m1/s1. The van der Waals surface area contributed by atoms with Crippen molar-refractivity contribution in [2.75, 3.05) is 0 Å². The third-order valence-corrected chi connectivity index (χ3v) is 10.3. The van der Waals surface area contributed by atoms with Crippen LogP contribution in [0.25, 0.3) is 0 Å². The van der Waals surface area contributed by atoms with Crippen molar-refractivity contribution in [1.29, 1.82) is 0 Å². The van der Waals surface area contributed by atoms with Crippen LogP contribution >= 0.6 is 0 Å². The number of hydrogen-bond acceptors (Lipinski definition) is 3. The fourth-order valence-electron chi connectivity index (χ4n) is 7.62. The maximum Gasteiger partial charge on any atom is 0.154 e. The van der Waals surface area contributed by atoms with Gasteiger partial charge in [0, 0.05) is 11.8 Å². The minimum atomic E-state index is -1.76. The van der Waals surface area contributed by atoms with Crippen LogP contribution in [0.3, 0.4) is 0 Å². The fraction of sp³-hybridized carbons (Fsp3) is 0.786. The highest BCUT2D eigenvalue weighted by molar-refractivity contribution is 5.40. The predicted molar refractivity (Wildman–Crippen MR) is 127 cm³/mol. The molecular weight excluding hydrogens is 403 g/mol. The average molecular weight is 447 g/mol. The Kier molecular flexibility index (Phi) is 5.88. The zero-order valence-corrected chi connectivity index (χ0v) is 20.7.